The van der Waals surface area contributed by atoms with Crippen LogP contribution < -0.4 is 10.6 Å². The Hall–Kier alpha value is -4.32. The minimum atomic E-state index is 0.608. The zero-order chi connectivity index (χ0) is 21.3. The first-order chi connectivity index (χ1) is 15.8. The van der Waals surface area contributed by atoms with Gasteiger partial charge in [-0.25, -0.2) is 4.98 Å². The summed E-state index contributed by atoms with van der Waals surface area (Å²) in [4.78, 5) is 15.7. The predicted octanol–water partition coefficient (Wildman–Crippen LogP) is 5.82. The van der Waals surface area contributed by atoms with E-state index in [0.29, 0.717) is 19.0 Å². The number of fused-ring (bicyclic) bond motifs is 4. The van der Waals surface area contributed by atoms with Gasteiger partial charge in [-0.05, 0) is 59.0 Å². The number of nitrogens with one attached hydrogen (secondary N) is 4. The van der Waals surface area contributed by atoms with Gasteiger partial charge < -0.3 is 20.6 Å². The van der Waals surface area contributed by atoms with E-state index in [1.807, 2.05) is 12.3 Å². The SMILES string of the molecule is c1ccc2c(c1)[nH]c1ccc(CNc3ccnc(NCc4ccc5[nH]ccc5c4)n3)cc12. The summed E-state index contributed by atoms with van der Waals surface area (Å²) in [5.41, 5.74) is 5.85. The number of nitrogens with zero attached hydrogens (tertiary/aromatic N) is 2. The van der Waals surface area contributed by atoms with Crippen LogP contribution in [0.4, 0.5) is 11.8 Å². The monoisotopic (exact) mass is 418 g/mol. The van der Waals surface area contributed by atoms with Crippen molar-refractivity contribution in [1.29, 1.82) is 0 Å². The van der Waals surface area contributed by atoms with Gasteiger partial charge in [-0.3, -0.25) is 0 Å². The van der Waals surface area contributed by atoms with Crippen LogP contribution in [-0.2, 0) is 13.1 Å². The molecule has 0 atom stereocenters. The standard InChI is InChI=1S/C26H22N6/c1-2-4-23-20(3-1)21-14-18(6-8-24(21)31-23)15-29-25-10-12-28-26(32-25)30-16-17-5-7-22-19(13-17)9-11-27-22/h1-14,27,31H,15-16H2,(H2,28,29,30,32). The Labute approximate surface area is 184 Å². The highest BCUT2D eigenvalue weighted by atomic mass is 15.1. The summed E-state index contributed by atoms with van der Waals surface area (Å²) in [6.45, 7) is 1.36. The molecule has 0 radical (unpaired) electrons. The summed E-state index contributed by atoms with van der Waals surface area (Å²) in [7, 11) is 0. The molecule has 0 aliphatic rings. The van der Waals surface area contributed by atoms with Gasteiger partial charge >= 0.3 is 0 Å². The first kappa shape index (κ1) is 18.4. The van der Waals surface area contributed by atoms with Crippen LogP contribution in [0.1, 0.15) is 11.1 Å². The number of anilines is 2. The molecule has 0 saturated heterocycles. The van der Waals surface area contributed by atoms with Gasteiger partial charge in [0.2, 0.25) is 5.95 Å². The number of para-hydroxylation sites is 1. The molecule has 156 valence electrons. The van der Waals surface area contributed by atoms with Crippen LogP contribution in [0.5, 0.6) is 0 Å². The highest BCUT2D eigenvalue weighted by Crippen LogP contribution is 2.26. The summed E-state index contributed by atoms with van der Waals surface area (Å²) in [6.07, 6.45) is 3.73. The van der Waals surface area contributed by atoms with E-state index in [2.05, 4.69) is 97.3 Å². The lowest BCUT2D eigenvalue weighted by Crippen LogP contribution is -2.06. The van der Waals surface area contributed by atoms with Crippen molar-refractivity contribution < 1.29 is 0 Å². The lowest BCUT2D eigenvalue weighted by Gasteiger charge is -2.09. The third kappa shape index (κ3) is 3.52. The van der Waals surface area contributed by atoms with Gasteiger partial charge in [0.25, 0.3) is 0 Å². The Kier molecular flexibility index (Phi) is 4.46. The van der Waals surface area contributed by atoms with E-state index in [1.165, 1.54) is 27.3 Å². The van der Waals surface area contributed by atoms with Crippen LogP contribution in [0.25, 0.3) is 32.7 Å². The van der Waals surface area contributed by atoms with E-state index in [1.54, 1.807) is 6.20 Å². The quantitative estimate of drug-likeness (QED) is 0.275. The van der Waals surface area contributed by atoms with Crippen molar-refractivity contribution >= 4 is 44.5 Å². The van der Waals surface area contributed by atoms with Gasteiger partial charge in [0, 0.05) is 52.8 Å². The van der Waals surface area contributed by atoms with Crippen LogP contribution >= 0.6 is 0 Å². The molecule has 3 aromatic carbocycles. The average molecular weight is 419 g/mol. The molecule has 0 aliphatic carbocycles. The van der Waals surface area contributed by atoms with Gasteiger partial charge in [0.05, 0.1) is 0 Å². The van der Waals surface area contributed by atoms with E-state index in [-0.39, 0.29) is 0 Å². The minimum absolute atomic E-state index is 0.608. The Balaban J connectivity index is 1.15. The lowest BCUT2D eigenvalue weighted by atomic mass is 10.1. The third-order valence-electron chi connectivity index (χ3n) is 5.77. The van der Waals surface area contributed by atoms with E-state index in [4.69, 9.17) is 0 Å². The maximum atomic E-state index is 4.61. The summed E-state index contributed by atoms with van der Waals surface area (Å²) in [5, 5.41) is 10.4. The molecule has 0 saturated carbocycles. The van der Waals surface area contributed by atoms with Crippen molar-refractivity contribution in [2.75, 3.05) is 10.6 Å². The molecule has 0 amide bonds. The smallest absolute Gasteiger partial charge is 0.224 e. The molecule has 6 rings (SSSR count). The predicted molar refractivity (Wildman–Crippen MR) is 131 cm³/mol. The number of benzene rings is 3. The third-order valence-corrected chi connectivity index (χ3v) is 5.77. The molecular formula is C26H22N6. The highest BCUT2D eigenvalue weighted by molar-refractivity contribution is 6.07. The number of aromatic nitrogens is 4. The molecule has 0 aliphatic heterocycles. The fourth-order valence-corrected chi connectivity index (χ4v) is 4.13. The lowest BCUT2D eigenvalue weighted by molar-refractivity contribution is 1.04. The summed E-state index contributed by atoms with van der Waals surface area (Å²) in [6, 6.07) is 25.2. The summed E-state index contributed by atoms with van der Waals surface area (Å²) < 4.78 is 0. The molecule has 6 aromatic rings. The van der Waals surface area contributed by atoms with Crippen molar-refractivity contribution in [3.63, 3.8) is 0 Å². The van der Waals surface area contributed by atoms with E-state index < -0.39 is 0 Å². The van der Waals surface area contributed by atoms with Crippen LogP contribution in [0.2, 0.25) is 0 Å². The van der Waals surface area contributed by atoms with Crippen LogP contribution in [0, 0.1) is 0 Å². The Morgan fingerprint density at radius 2 is 1.53 bits per heavy atom. The van der Waals surface area contributed by atoms with Crippen LogP contribution in [-0.4, -0.2) is 19.9 Å². The second kappa shape index (κ2) is 7.74. The number of hydrogen-bond acceptors (Lipinski definition) is 4. The molecule has 6 nitrogen and oxygen atoms in total. The Morgan fingerprint density at radius 1 is 0.719 bits per heavy atom. The summed E-state index contributed by atoms with van der Waals surface area (Å²) in [5.74, 6) is 1.40. The zero-order valence-corrected chi connectivity index (χ0v) is 17.4. The first-order valence-electron chi connectivity index (χ1n) is 10.7. The maximum absolute atomic E-state index is 4.61. The molecule has 0 bridgehead atoms. The van der Waals surface area contributed by atoms with Crippen molar-refractivity contribution in [2.45, 2.75) is 13.1 Å². The Bertz CT molecular complexity index is 1540. The zero-order valence-electron chi connectivity index (χ0n) is 17.4. The molecule has 0 spiro atoms. The van der Waals surface area contributed by atoms with Crippen LogP contribution in [0.15, 0.2) is 85.2 Å². The molecule has 6 heteroatoms. The topological polar surface area (TPSA) is 81.4 Å². The average Bonchev–Trinajstić information content (AvgIpc) is 3.45. The molecule has 32 heavy (non-hydrogen) atoms. The van der Waals surface area contributed by atoms with E-state index in [9.17, 15) is 0 Å². The number of aromatic amines is 2. The maximum Gasteiger partial charge on any atom is 0.224 e. The molecule has 3 aromatic heterocycles. The molecular weight excluding hydrogens is 396 g/mol. The van der Waals surface area contributed by atoms with Gasteiger partial charge in [-0.15, -0.1) is 0 Å². The van der Waals surface area contributed by atoms with Gasteiger partial charge in [-0.2, -0.15) is 4.98 Å². The van der Waals surface area contributed by atoms with Gasteiger partial charge in [-0.1, -0.05) is 30.3 Å². The fourth-order valence-electron chi connectivity index (χ4n) is 4.13. The summed E-state index contributed by atoms with van der Waals surface area (Å²) >= 11 is 0. The largest absolute Gasteiger partial charge is 0.366 e. The van der Waals surface area contributed by atoms with Crippen molar-refractivity contribution in [3.05, 3.63) is 96.3 Å². The van der Waals surface area contributed by atoms with Crippen LogP contribution in [0.3, 0.4) is 0 Å². The van der Waals surface area contributed by atoms with E-state index in [0.717, 1.165) is 22.4 Å². The van der Waals surface area contributed by atoms with Gasteiger partial charge in [0.1, 0.15) is 5.82 Å². The molecule has 0 fully saturated rings. The van der Waals surface area contributed by atoms with Crippen molar-refractivity contribution in [2.24, 2.45) is 0 Å². The first-order valence-corrected chi connectivity index (χ1v) is 10.7. The minimum Gasteiger partial charge on any atom is -0.366 e. The normalized spacial score (nSPS) is 11.4. The fraction of sp³-hybridized carbons (Fsp3) is 0.0769. The van der Waals surface area contributed by atoms with Gasteiger partial charge in [0.15, 0.2) is 0 Å². The Morgan fingerprint density at radius 3 is 2.50 bits per heavy atom. The highest BCUT2D eigenvalue weighted by Gasteiger charge is 2.06. The molecule has 4 N–H and O–H groups in total. The number of H-pyrrole nitrogens is 2. The van der Waals surface area contributed by atoms with Crippen molar-refractivity contribution in [3.8, 4) is 0 Å². The molecule has 0 unspecified atom stereocenters. The second-order valence-electron chi connectivity index (χ2n) is 7.92. The number of rotatable bonds is 6. The number of hydrogen-bond donors (Lipinski definition) is 4. The van der Waals surface area contributed by atoms with E-state index >= 15 is 0 Å². The van der Waals surface area contributed by atoms with Crippen molar-refractivity contribution in [1.82, 2.24) is 19.9 Å². The molecule has 3 heterocycles. The second-order valence-corrected chi connectivity index (χ2v) is 7.92.